The third-order valence-electron chi connectivity index (χ3n) is 2.59. The number of benzene rings is 2. The smallest absolute Gasteiger partial charge is 0.308 e. The Morgan fingerprint density at radius 3 is 2.55 bits per heavy atom. The third-order valence-corrected chi connectivity index (χ3v) is 3.15. The van der Waals surface area contributed by atoms with Crippen LogP contribution in [0.25, 0.3) is 11.0 Å². The number of nitrogens with zero attached hydrogens (tertiary/aromatic N) is 2. The van der Waals surface area contributed by atoms with Crippen molar-refractivity contribution in [1.29, 1.82) is 0 Å². The monoisotopic (exact) mass is 288 g/mol. The third kappa shape index (κ3) is 2.72. The van der Waals surface area contributed by atoms with Gasteiger partial charge in [-0.2, -0.15) is 8.75 Å². The molecule has 2 N–H and O–H groups in total. The fourth-order valence-corrected chi connectivity index (χ4v) is 2.24. The summed E-state index contributed by atoms with van der Waals surface area (Å²) < 4.78 is 21.2. The van der Waals surface area contributed by atoms with Crippen LogP contribution in [-0.4, -0.2) is 14.8 Å². The van der Waals surface area contributed by atoms with Crippen LogP contribution in [-0.2, 0) is 0 Å². The second-order valence-corrected chi connectivity index (χ2v) is 4.59. The molecule has 0 aliphatic heterocycles. The molecule has 0 bridgehead atoms. The van der Waals surface area contributed by atoms with E-state index in [1.807, 2.05) is 0 Å². The maximum atomic E-state index is 13.0. The Kier molecular flexibility index (Phi) is 3.26. The average molecular weight is 288 g/mol. The minimum absolute atomic E-state index is 0.388. The van der Waals surface area contributed by atoms with Crippen molar-refractivity contribution in [2.45, 2.75) is 0 Å². The van der Waals surface area contributed by atoms with E-state index < -0.39 is 11.8 Å². The van der Waals surface area contributed by atoms with Gasteiger partial charge in [-0.3, -0.25) is 0 Å². The first-order valence-electron chi connectivity index (χ1n) is 5.76. The van der Waals surface area contributed by atoms with Gasteiger partial charge < -0.3 is 10.6 Å². The molecular formula is C13H9FN4OS. The minimum Gasteiger partial charge on any atom is -0.308 e. The number of urea groups is 1. The molecule has 0 saturated heterocycles. The van der Waals surface area contributed by atoms with E-state index in [1.165, 1.54) is 18.2 Å². The Labute approximate surface area is 117 Å². The van der Waals surface area contributed by atoms with E-state index in [4.69, 9.17) is 0 Å². The summed E-state index contributed by atoms with van der Waals surface area (Å²) >= 11 is 1.11. The highest BCUT2D eigenvalue weighted by molar-refractivity contribution is 7.00. The normalized spacial score (nSPS) is 10.4. The summed E-state index contributed by atoms with van der Waals surface area (Å²) in [6.07, 6.45) is 0. The van der Waals surface area contributed by atoms with Crippen LogP contribution in [0, 0.1) is 5.82 Å². The Bertz CT molecular complexity index is 774. The molecule has 1 aromatic heterocycles. The molecule has 7 heteroatoms. The first-order chi connectivity index (χ1) is 9.70. The number of carbonyl (C=O) groups excluding carboxylic acids is 1. The van der Waals surface area contributed by atoms with Crippen LogP contribution in [0.3, 0.4) is 0 Å². The zero-order valence-corrected chi connectivity index (χ0v) is 10.9. The summed E-state index contributed by atoms with van der Waals surface area (Å²) in [5, 5.41) is 5.21. The van der Waals surface area contributed by atoms with Crippen LogP contribution in [0.4, 0.5) is 20.6 Å². The van der Waals surface area contributed by atoms with E-state index in [9.17, 15) is 9.18 Å². The van der Waals surface area contributed by atoms with Gasteiger partial charge in [-0.05, 0) is 36.4 Å². The molecule has 0 spiro atoms. The van der Waals surface area contributed by atoms with Crippen molar-refractivity contribution in [3.63, 3.8) is 0 Å². The van der Waals surface area contributed by atoms with Crippen LogP contribution in [0.5, 0.6) is 0 Å². The molecule has 3 aromatic rings. The van der Waals surface area contributed by atoms with Gasteiger partial charge in [0.05, 0.1) is 11.7 Å². The summed E-state index contributed by atoms with van der Waals surface area (Å²) in [7, 11) is 0. The number of nitrogens with one attached hydrogen (secondary N) is 2. The van der Waals surface area contributed by atoms with Gasteiger partial charge in [0.2, 0.25) is 0 Å². The van der Waals surface area contributed by atoms with Crippen molar-refractivity contribution < 1.29 is 9.18 Å². The summed E-state index contributed by atoms with van der Waals surface area (Å²) in [5.41, 5.74) is 2.49. The lowest BCUT2D eigenvalue weighted by Gasteiger charge is -2.07. The summed E-state index contributed by atoms with van der Waals surface area (Å²) in [6.45, 7) is 0. The van der Waals surface area contributed by atoms with E-state index in [0.717, 1.165) is 22.8 Å². The van der Waals surface area contributed by atoms with Gasteiger partial charge in [-0.25, -0.2) is 9.18 Å². The van der Waals surface area contributed by atoms with Crippen molar-refractivity contribution >= 4 is 40.2 Å². The number of rotatable bonds is 2. The Hall–Kier alpha value is -2.54. The van der Waals surface area contributed by atoms with Crippen molar-refractivity contribution in [3.05, 3.63) is 48.3 Å². The number of aromatic nitrogens is 2. The van der Waals surface area contributed by atoms with Crippen LogP contribution in [0.15, 0.2) is 42.5 Å². The number of fused-ring (bicyclic) bond motifs is 1. The lowest BCUT2D eigenvalue weighted by atomic mass is 10.3. The highest BCUT2D eigenvalue weighted by atomic mass is 32.1. The molecule has 1 heterocycles. The summed E-state index contributed by atoms with van der Waals surface area (Å²) in [4.78, 5) is 11.8. The van der Waals surface area contributed by atoms with Gasteiger partial charge in [0.15, 0.2) is 0 Å². The van der Waals surface area contributed by atoms with E-state index in [1.54, 1.807) is 24.3 Å². The van der Waals surface area contributed by atoms with Crippen molar-refractivity contribution in [1.82, 2.24) is 8.75 Å². The number of hydrogen-bond acceptors (Lipinski definition) is 4. The predicted molar refractivity (Wildman–Crippen MR) is 76.5 cm³/mol. The van der Waals surface area contributed by atoms with Crippen LogP contribution in [0.2, 0.25) is 0 Å². The molecular weight excluding hydrogens is 279 g/mol. The molecule has 3 rings (SSSR count). The van der Waals surface area contributed by atoms with Crippen LogP contribution < -0.4 is 10.6 Å². The lowest BCUT2D eigenvalue weighted by molar-refractivity contribution is 0.262. The zero-order chi connectivity index (χ0) is 13.9. The maximum Gasteiger partial charge on any atom is 0.323 e. The standard InChI is InChI=1S/C13H9FN4OS/c14-8-2-1-3-9(6-8)15-13(19)16-10-4-5-11-12(7-10)18-20-17-11/h1-7H,(H2,15,16,19). The predicted octanol–water partition coefficient (Wildman–Crippen LogP) is 3.47. The number of anilines is 2. The first-order valence-corrected chi connectivity index (χ1v) is 6.50. The highest BCUT2D eigenvalue weighted by Gasteiger charge is 2.05. The maximum absolute atomic E-state index is 13.0. The summed E-state index contributed by atoms with van der Waals surface area (Å²) in [5.74, 6) is -0.405. The van der Waals surface area contributed by atoms with E-state index >= 15 is 0 Å². The quantitative estimate of drug-likeness (QED) is 0.758. The Morgan fingerprint density at radius 1 is 1.00 bits per heavy atom. The molecule has 0 unspecified atom stereocenters. The highest BCUT2D eigenvalue weighted by Crippen LogP contribution is 2.17. The van der Waals surface area contributed by atoms with Crippen LogP contribution in [0.1, 0.15) is 0 Å². The molecule has 2 aromatic carbocycles. The number of halogens is 1. The zero-order valence-electron chi connectivity index (χ0n) is 10.1. The molecule has 0 saturated carbocycles. The molecule has 100 valence electrons. The Morgan fingerprint density at radius 2 is 1.75 bits per heavy atom. The second kappa shape index (κ2) is 5.22. The lowest BCUT2D eigenvalue weighted by Crippen LogP contribution is -2.19. The molecule has 5 nitrogen and oxygen atoms in total. The van der Waals surface area contributed by atoms with Gasteiger partial charge >= 0.3 is 6.03 Å². The SMILES string of the molecule is O=C(Nc1cccc(F)c1)Nc1ccc2nsnc2c1. The minimum atomic E-state index is -0.446. The van der Waals surface area contributed by atoms with Gasteiger partial charge in [0.1, 0.15) is 16.9 Å². The molecule has 0 atom stereocenters. The molecule has 0 aliphatic carbocycles. The number of amides is 2. The fraction of sp³-hybridized carbons (Fsp3) is 0. The van der Waals surface area contributed by atoms with E-state index in [-0.39, 0.29) is 0 Å². The number of carbonyl (C=O) groups is 1. The molecule has 0 aliphatic rings. The van der Waals surface area contributed by atoms with Crippen molar-refractivity contribution in [3.8, 4) is 0 Å². The van der Waals surface area contributed by atoms with Crippen molar-refractivity contribution in [2.24, 2.45) is 0 Å². The first kappa shape index (κ1) is 12.5. The molecule has 2 amide bonds. The van der Waals surface area contributed by atoms with Gasteiger partial charge in [0, 0.05) is 11.4 Å². The van der Waals surface area contributed by atoms with Crippen LogP contribution >= 0.6 is 11.7 Å². The van der Waals surface area contributed by atoms with E-state index in [2.05, 4.69) is 19.4 Å². The second-order valence-electron chi connectivity index (χ2n) is 4.06. The topological polar surface area (TPSA) is 66.9 Å². The van der Waals surface area contributed by atoms with E-state index in [0.29, 0.717) is 11.4 Å². The van der Waals surface area contributed by atoms with Gasteiger partial charge in [-0.1, -0.05) is 6.07 Å². The molecule has 20 heavy (non-hydrogen) atoms. The Balaban J connectivity index is 1.72. The van der Waals surface area contributed by atoms with Gasteiger partial charge in [0.25, 0.3) is 0 Å². The average Bonchev–Trinajstić information content (AvgIpc) is 2.86. The molecule has 0 radical (unpaired) electrons. The largest absolute Gasteiger partial charge is 0.323 e. The van der Waals surface area contributed by atoms with Crippen molar-refractivity contribution in [2.75, 3.05) is 10.6 Å². The number of hydrogen-bond donors (Lipinski definition) is 2. The summed E-state index contributed by atoms with van der Waals surface area (Å²) in [6, 6.07) is 10.5. The van der Waals surface area contributed by atoms with Gasteiger partial charge in [-0.15, -0.1) is 0 Å². The molecule has 0 fully saturated rings. The fourth-order valence-electron chi connectivity index (χ4n) is 1.72.